The Morgan fingerprint density at radius 1 is 1.28 bits per heavy atom. The highest BCUT2D eigenvalue weighted by Crippen LogP contribution is 2.31. The van der Waals surface area contributed by atoms with Crippen molar-refractivity contribution < 1.29 is 9.90 Å². The molecule has 0 heterocycles. The van der Waals surface area contributed by atoms with Crippen LogP contribution < -0.4 is 4.90 Å². The van der Waals surface area contributed by atoms with Gasteiger partial charge in [-0.15, -0.1) is 0 Å². The third-order valence-corrected chi connectivity index (χ3v) is 3.88. The normalized spacial score (nSPS) is 23.6. The number of hydrogen-bond acceptors (Lipinski definition) is 2. The average Bonchev–Trinajstić information content (AvgIpc) is 2.41. The second kappa shape index (κ2) is 5.89. The molecule has 0 bridgehead atoms. The number of benzene rings is 1. The molecule has 1 saturated carbocycles. The average molecular weight is 247 g/mol. The maximum Gasteiger partial charge on any atom is 0.308 e. The molecule has 1 aliphatic carbocycles. The van der Waals surface area contributed by atoms with E-state index in [1.807, 2.05) is 18.2 Å². The van der Waals surface area contributed by atoms with Crippen LogP contribution in [0.5, 0.6) is 0 Å². The van der Waals surface area contributed by atoms with E-state index in [4.69, 9.17) is 0 Å². The fraction of sp³-hybridized carbons (Fsp3) is 0.533. The highest BCUT2D eigenvalue weighted by atomic mass is 16.4. The maximum atomic E-state index is 11.4. The van der Waals surface area contributed by atoms with Gasteiger partial charge in [-0.2, -0.15) is 0 Å². The van der Waals surface area contributed by atoms with Crippen molar-refractivity contribution in [2.45, 2.75) is 38.6 Å². The molecule has 98 valence electrons. The first-order chi connectivity index (χ1) is 8.74. The van der Waals surface area contributed by atoms with Crippen LogP contribution in [0.2, 0.25) is 0 Å². The summed E-state index contributed by atoms with van der Waals surface area (Å²) in [6.07, 6.45) is 3.97. The predicted molar refractivity (Wildman–Crippen MR) is 72.8 cm³/mol. The Morgan fingerprint density at radius 3 is 2.56 bits per heavy atom. The van der Waals surface area contributed by atoms with Crippen molar-refractivity contribution in [1.82, 2.24) is 0 Å². The molecule has 2 unspecified atom stereocenters. The number of carboxylic acids is 1. The summed E-state index contributed by atoms with van der Waals surface area (Å²) in [6, 6.07) is 10.3. The van der Waals surface area contributed by atoms with E-state index < -0.39 is 5.97 Å². The lowest BCUT2D eigenvalue weighted by molar-refractivity contribution is -0.143. The first-order valence-electron chi connectivity index (χ1n) is 6.78. The van der Waals surface area contributed by atoms with Crippen LogP contribution >= 0.6 is 0 Å². The molecule has 1 N–H and O–H groups in total. The number of anilines is 1. The van der Waals surface area contributed by atoms with Crippen LogP contribution in [0.25, 0.3) is 0 Å². The zero-order chi connectivity index (χ0) is 13.0. The minimum Gasteiger partial charge on any atom is -0.481 e. The number of hydrogen-bond donors (Lipinski definition) is 1. The summed E-state index contributed by atoms with van der Waals surface area (Å²) >= 11 is 0. The van der Waals surface area contributed by atoms with Crippen LogP contribution in [-0.4, -0.2) is 23.7 Å². The molecule has 18 heavy (non-hydrogen) atoms. The third kappa shape index (κ3) is 2.66. The number of aliphatic carboxylic acids is 1. The summed E-state index contributed by atoms with van der Waals surface area (Å²) < 4.78 is 0. The van der Waals surface area contributed by atoms with Crippen molar-refractivity contribution in [2.75, 3.05) is 11.4 Å². The summed E-state index contributed by atoms with van der Waals surface area (Å²) in [5, 5.41) is 9.37. The monoisotopic (exact) mass is 247 g/mol. The first kappa shape index (κ1) is 12.9. The molecular formula is C15H21NO2. The SMILES string of the molecule is CCN(c1ccccc1)C1CCCCC1C(=O)O. The standard InChI is InChI=1S/C15H21NO2/c1-2-16(12-8-4-3-5-9-12)14-11-7-6-10-13(14)15(17)18/h3-5,8-9,13-14H,2,6-7,10-11H2,1H3,(H,17,18). The van der Waals surface area contributed by atoms with Gasteiger partial charge < -0.3 is 10.0 Å². The van der Waals surface area contributed by atoms with Crippen molar-refractivity contribution in [3.63, 3.8) is 0 Å². The molecule has 0 amide bonds. The minimum atomic E-state index is -0.644. The number of carboxylic acid groups (broad SMARTS) is 1. The smallest absolute Gasteiger partial charge is 0.308 e. The van der Waals surface area contributed by atoms with Crippen LogP contribution in [0.15, 0.2) is 30.3 Å². The summed E-state index contributed by atoms with van der Waals surface area (Å²) in [4.78, 5) is 13.6. The lowest BCUT2D eigenvalue weighted by atomic mass is 9.83. The van der Waals surface area contributed by atoms with E-state index in [0.29, 0.717) is 0 Å². The van der Waals surface area contributed by atoms with Gasteiger partial charge in [0.1, 0.15) is 0 Å². The van der Waals surface area contributed by atoms with E-state index in [-0.39, 0.29) is 12.0 Å². The molecule has 0 aliphatic heterocycles. The second-order valence-corrected chi connectivity index (χ2v) is 4.92. The molecule has 3 nitrogen and oxygen atoms in total. The van der Waals surface area contributed by atoms with Crippen LogP contribution in [-0.2, 0) is 4.79 Å². The van der Waals surface area contributed by atoms with Gasteiger partial charge in [-0.3, -0.25) is 4.79 Å². The predicted octanol–water partition coefficient (Wildman–Crippen LogP) is 3.16. The van der Waals surface area contributed by atoms with Gasteiger partial charge in [0.05, 0.1) is 5.92 Å². The Morgan fingerprint density at radius 2 is 1.94 bits per heavy atom. The molecule has 2 rings (SSSR count). The van der Waals surface area contributed by atoms with E-state index in [0.717, 1.165) is 37.9 Å². The zero-order valence-corrected chi connectivity index (χ0v) is 10.9. The van der Waals surface area contributed by atoms with Crippen LogP contribution in [0.1, 0.15) is 32.6 Å². The molecule has 1 aliphatic rings. The lowest BCUT2D eigenvalue weighted by Gasteiger charge is -2.39. The molecule has 0 saturated heterocycles. The van der Waals surface area contributed by atoms with E-state index in [2.05, 4.69) is 24.0 Å². The molecule has 2 atom stereocenters. The van der Waals surface area contributed by atoms with E-state index >= 15 is 0 Å². The summed E-state index contributed by atoms with van der Waals surface area (Å²) in [7, 11) is 0. The Kier molecular flexibility index (Phi) is 4.24. The Labute approximate surface area is 108 Å². The van der Waals surface area contributed by atoms with Crippen LogP contribution in [0.3, 0.4) is 0 Å². The molecule has 0 spiro atoms. The van der Waals surface area contributed by atoms with Gasteiger partial charge in [-0.1, -0.05) is 31.0 Å². The first-order valence-corrected chi connectivity index (χ1v) is 6.78. The molecular weight excluding hydrogens is 226 g/mol. The van der Waals surface area contributed by atoms with Gasteiger partial charge in [0.15, 0.2) is 0 Å². The summed E-state index contributed by atoms with van der Waals surface area (Å²) in [6.45, 7) is 2.96. The molecule has 1 aromatic rings. The lowest BCUT2D eigenvalue weighted by Crippen LogP contribution is -2.45. The van der Waals surface area contributed by atoms with Gasteiger partial charge in [0.25, 0.3) is 0 Å². The minimum absolute atomic E-state index is 0.142. The second-order valence-electron chi connectivity index (χ2n) is 4.92. The summed E-state index contributed by atoms with van der Waals surface area (Å²) in [5.74, 6) is -0.868. The molecule has 0 aromatic heterocycles. The van der Waals surface area contributed by atoms with Crippen molar-refractivity contribution in [1.29, 1.82) is 0 Å². The molecule has 1 aromatic carbocycles. The largest absolute Gasteiger partial charge is 0.481 e. The topological polar surface area (TPSA) is 40.5 Å². The quantitative estimate of drug-likeness (QED) is 0.888. The number of rotatable bonds is 4. The highest BCUT2D eigenvalue weighted by molar-refractivity contribution is 5.72. The van der Waals surface area contributed by atoms with Crippen LogP contribution in [0.4, 0.5) is 5.69 Å². The zero-order valence-electron chi connectivity index (χ0n) is 10.9. The van der Waals surface area contributed by atoms with Crippen molar-refractivity contribution in [3.8, 4) is 0 Å². The third-order valence-electron chi connectivity index (χ3n) is 3.88. The number of carbonyl (C=O) groups is 1. The van der Waals surface area contributed by atoms with Gasteiger partial charge in [0, 0.05) is 18.3 Å². The van der Waals surface area contributed by atoms with E-state index in [9.17, 15) is 9.90 Å². The van der Waals surface area contributed by atoms with Crippen molar-refractivity contribution in [2.24, 2.45) is 5.92 Å². The Bertz CT molecular complexity index is 391. The van der Waals surface area contributed by atoms with Crippen LogP contribution in [0, 0.1) is 5.92 Å². The summed E-state index contributed by atoms with van der Waals surface area (Å²) in [5.41, 5.74) is 1.14. The van der Waals surface area contributed by atoms with Crippen molar-refractivity contribution >= 4 is 11.7 Å². The highest BCUT2D eigenvalue weighted by Gasteiger charge is 2.34. The van der Waals surface area contributed by atoms with Crippen molar-refractivity contribution in [3.05, 3.63) is 30.3 Å². The Balaban J connectivity index is 2.22. The number of para-hydroxylation sites is 1. The van der Waals surface area contributed by atoms with E-state index in [1.54, 1.807) is 0 Å². The number of nitrogens with zero attached hydrogens (tertiary/aromatic N) is 1. The van der Waals surface area contributed by atoms with E-state index in [1.165, 1.54) is 0 Å². The fourth-order valence-electron chi connectivity index (χ4n) is 3.00. The molecule has 3 heteroatoms. The van der Waals surface area contributed by atoms with Gasteiger partial charge >= 0.3 is 5.97 Å². The maximum absolute atomic E-state index is 11.4. The van der Waals surface area contributed by atoms with Gasteiger partial charge in [0.2, 0.25) is 0 Å². The fourth-order valence-corrected chi connectivity index (χ4v) is 3.00. The van der Waals surface area contributed by atoms with Gasteiger partial charge in [-0.25, -0.2) is 0 Å². The molecule has 0 radical (unpaired) electrons. The Hall–Kier alpha value is -1.51. The van der Waals surface area contributed by atoms with Gasteiger partial charge in [-0.05, 0) is 31.9 Å². The molecule has 1 fully saturated rings.